The van der Waals surface area contributed by atoms with Gasteiger partial charge in [0.2, 0.25) is 5.91 Å². The summed E-state index contributed by atoms with van der Waals surface area (Å²) in [6.45, 7) is 7.51. The third-order valence-corrected chi connectivity index (χ3v) is 4.42. The van der Waals surface area contributed by atoms with Crippen LogP contribution in [-0.4, -0.2) is 61.4 Å². The molecule has 1 atom stereocenters. The van der Waals surface area contributed by atoms with E-state index in [0.717, 1.165) is 18.7 Å². The fraction of sp³-hybridized carbons (Fsp3) is 0.588. The van der Waals surface area contributed by atoms with Gasteiger partial charge in [-0.15, -0.1) is 0 Å². The Bertz CT molecular complexity index is 530. The second-order valence-corrected chi connectivity index (χ2v) is 6.85. The molecule has 0 radical (unpaired) electrons. The summed E-state index contributed by atoms with van der Waals surface area (Å²) in [5.74, 6) is -0.124. The monoisotopic (exact) mass is 340 g/mol. The van der Waals surface area contributed by atoms with Crippen LogP contribution < -0.4 is 5.32 Å². The predicted octanol–water partition coefficient (Wildman–Crippen LogP) is 1.43. The molecule has 1 aromatic carbocycles. The Kier molecular flexibility index (Phi) is 6.41. The van der Waals surface area contributed by atoms with E-state index >= 15 is 0 Å². The summed E-state index contributed by atoms with van der Waals surface area (Å²) in [5, 5.41) is 13.6. The standard InChI is InChI=1S/C17H25ClN2O3/c1-17(2,13-4-3-5-14(18)10-13)16(22)19-11-15(21)12-20-6-8-23-9-7-20/h3-5,10,15,21H,6-9,11-12H2,1-2H3,(H,19,22). The number of rotatable bonds is 6. The van der Waals surface area contributed by atoms with Crippen molar-refractivity contribution in [2.24, 2.45) is 0 Å². The van der Waals surface area contributed by atoms with Crippen molar-refractivity contribution in [3.63, 3.8) is 0 Å². The molecule has 1 heterocycles. The van der Waals surface area contributed by atoms with Crippen LogP contribution in [0.25, 0.3) is 0 Å². The number of aliphatic hydroxyl groups is 1. The molecule has 1 amide bonds. The van der Waals surface area contributed by atoms with E-state index in [-0.39, 0.29) is 12.5 Å². The van der Waals surface area contributed by atoms with Gasteiger partial charge in [0.05, 0.1) is 24.7 Å². The molecule has 0 saturated carbocycles. The number of ether oxygens (including phenoxy) is 1. The van der Waals surface area contributed by atoms with Gasteiger partial charge in [0, 0.05) is 31.2 Å². The molecule has 5 nitrogen and oxygen atoms in total. The van der Waals surface area contributed by atoms with Crippen LogP contribution in [0.2, 0.25) is 5.02 Å². The smallest absolute Gasteiger partial charge is 0.230 e. The number of benzene rings is 1. The van der Waals surface area contributed by atoms with E-state index in [9.17, 15) is 9.90 Å². The zero-order chi connectivity index (χ0) is 16.9. The van der Waals surface area contributed by atoms with Crippen LogP contribution in [0.1, 0.15) is 19.4 Å². The van der Waals surface area contributed by atoms with Gasteiger partial charge in [0.1, 0.15) is 0 Å². The van der Waals surface area contributed by atoms with Crippen LogP contribution in [0.3, 0.4) is 0 Å². The van der Waals surface area contributed by atoms with E-state index < -0.39 is 11.5 Å². The minimum Gasteiger partial charge on any atom is -0.390 e. The summed E-state index contributed by atoms with van der Waals surface area (Å²) in [6, 6.07) is 7.30. The quantitative estimate of drug-likeness (QED) is 0.822. The van der Waals surface area contributed by atoms with E-state index in [1.807, 2.05) is 26.0 Å². The van der Waals surface area contributed by atoms with Crippen LogP contribution in [0.4, 0.5) is 0 Å². The lowest BCUT2D eigenvalue weighted by molar-refractivity contribution is -0.126. The lowest BCUT2D eigenvalue weighted by atomic mass is 9.83. The molecule has 0 spiro atoms. The van der Waals surface area contributed by atoms with Gasteiger partial charge in [-0.05, 0) is 31.5 Å². The molecule has 2 rings (SSSR count). The maximum absolute atomic E-state index is 12.5. The molecule has 2 N–H and O–H groups in total. The first-order chi connectivity index (χ1) is 10.9. The van der Waals surface area contributed by atoms with Gasteiger partial charge < -0.3 is 15.2 Å². The van der Waals surface area contributed by atoms with Gasteiger partial charge in [-0.3, -0.25) is 9.69 Å². The predicted molar refractivity (Wildman–Crippen MR) is 90.8 cm³/mol. The lowest BCUT2D eigenvalue weighted by Crippen LogP contribution is -2.47. The molecular formula is C17H25ClN2O3. The number of hydrogen-bond acceptors (Lipinski definition) is 4. The maximum Gasteiger partial charge on any atom is 0.230 e. The number of hydrogen-bond donors (Lipinski definition) is 2. The van der Waals surface area contributed by atoms with Crippen molar-refractivity contribution in [3.8, 4) is 0 Å². The van der Waals surface area contributed by atoms with E-state index in [2.05, 4.69) is 10.2 Å². The van der Waals surface area contributed by atoms with Crippen molar-refractivity contribution < 1.29 is 14.6 Å². The average Bonchev–Trinajstić information content (AvgIpc) is 2.53. The molecule has 1 fully saturated rings. The fourth-order valence-electron chi connectivity index (χ4n) is 2.59. The van der Waals surface area contributed by atoms with Crippen LogP contribution in [0.15, 0.2) is 24.3 Å². The van der Waals surface area contributed by atoms with Crippen molar-refractivity contribution in [1.29, 1.82) is 0 Å². The Labute approximate surface area is 142 Å². The third kappa shape index (κ3) is 5.18. The van der Waals surface area contributed by atoms with Gasteiger partial charge in [0.25, 0.3) is 0 Å². The minimum atomic E-state index is -0.705. The maximum atomic E-state index is 12.5. The molecule has 0 bridgehead atoms. The van der Waals surface area contributed by atoms with Crippen molar-refractivity contribution in [3.05, 3.63) is 34.9 Å². The van der Waals surface area contributed by atoms with Gasteiger partial charge >= 0.3 is 0 Å². The lowest BCUT2D eigenvalue weighted by Gasteiger charge is -2.29. The number of aliphatic hydroxyl groups excluding tert-OH is 1. The Morgan fingerprint density at radius 3 is 2.78 bits per heavy atom. The molecule has 1 aliphatic heterocycles. The van der Waals surface area contributed by atoms with E-state index in [0.29, 0.717) is 24.8 Å². The van der Waals surface area contributed by atoms with Gasteiger partial charge in [-0.25, -0.2) is 0 Å². The topological polar surface area (TPSA) is 61.8 Å². The number of halogens is 1. The molecule has 23 heavy (non-hydrogen) atoms. The molecule has 1 aromatic rings. The number of nitrogens with one attached hydrogen (secondary N) is 1. The Balaban J connectivity index is 1.85. The molecule has 128 valence electrons. The second kappa shape index (κ2) is 8.11. The number of nitrogens with zero attached hydrogens (tertiary/aromatic N) is 1. The fourth-order valence-corrected chi connectivity index (χ4v) is 2.78. The van der Waals surface area contributed by atoms with E-state index in [4.69, 9.17) is 16.3 Å². The summed E-state index contributed by atoms with van der Waals surface area (Å²) in [5.41, 5.74) is 0.147. The number of carbonyl (C=O) groups is 1. The molecular weight excluding hydrogens is 316 g/mol. The highest BCUT2D eigenvalue weighted by atomic mass is 35.5. The van der Waals surface area contributed by atoms with E-state index in [1.165, 1.54) is 0 Å². The van der Waals surface area contributed by atoms with E-state index in [1.54, 1.807) is 12.1 Å². The highest BCUT2D eigenvalue weighted by Crippen LogP contribution is 2.25. The van der Waals surface area contributed by atoms with Crippen molar-refractivity contribution in [2.75, 3.05) is 39.4 Å². The largest absolute Gasteiger partial charge is 0.390 e. The van der Waals surface area contributed by atoms with Crippen LogP contribution in [0, 0.1) is 0 Å². The SMILES string of the molecule is CC(C)(C(=O)NCC(O)CN1CCOCC1)c1cccc(Cl)c1. The highest BCUT2D eigenvalue weighted by molar-refractivity contribution is 6.30. The molecule has 0 aliphatic carbocycles. The number of β-amino-alcohol motifs (C(OH)–C–C–N with tert-alkyl or cyclic N) is 1. The second-order valence-electron chi connectivity index (χ2n) is 6.41. The molecule has 1 aliphatic rings. The summed E-state index contributed by atoms with van der Waals surface area (Å²) in [4.78, 5) is 14.6. The first-order valence-corrected chi connectivity index (χ1v) is 8.30. The van der Waals surface area contributed by atoms with Crippen molar-refractivity contribution in [1.82, 2.24) is 10.2 Å². The zero-order valence-electron chi connectivity index (χ0n) is 13.7. The molecule has 1 unspecified atom stereocenters. The van der Waals surface area contributed by atoms with Gasteiger partial charge in [-0.2, -0.15) is 0 Å². The van der Waals surface area contributed by atoms with Crippen LogP contribution in [0.5, 0.6) is 0 Å². The van der Waals surface area contributed by atoms with Gasteiger partial charge in [0.15, 0.2) is 0 Å². The Morgan fingerprint density at radius 1 is 1.43 bits per heavy atom. The summed E-state index contributed by atoms with van der Waals surface area (Å²) in [6.07, 6.45) is -0.591. The van der Waals surface area contributed by atoms with Crippen LogP contribution in [-0.2, 0) is 14.9 Å². The molecule has 6 heteroatoms. The molecule has 1 saturated heterocycles. The summed E-state index contributed by atoms with van der Waals surface area (Å²) in [7, 11) is 0. The van der Waals surface area contributed by atoms with Crippen molar-refractivity contribution in [2.45, 2.75) is 25.4 Å². The van der Waals surface area contributed by atoms with Gasteiger partial charge in [-0.1, -0.05) is 23.7 Å². The number of amides is 1. The Hall–Kier alpha value is -1.14. The van der Waals surface area contributed by atoms with Crippen LogP contribution >= 0.6 is 11.6 Å². The summed E-state index contributed by atoms with van der Waals surface area (Å²) < 4.78 is 5.28. The Morgan fingerprint density at radius 2 is 2.13 bits per heavy atom. The zero-order valence-corrected chi connectivity index (χ0v) is 14.5. The normalized spacial score (nSPS) is 17.7. The van der Waals surface area contributed by atoms with Crippen molar-refractivity contribution >= 4 is 17.5 Å². The molecule has 0 aromatic heterocycles. The minimum absolute atomic E-state index is 0.124. The third-order valence-electron chi connectivity index (χ3n) is 4.18. The first-order valence-electron chi connectivity index (χ1n) is 7.92. The number of carbonyl (C=O) groups excluding carboxylic acids is 1. The summed E-state index contributed by atoms with van der Waals surface area (Å²) >= 11 is 6.00. The average molecular weight is 341 g/mol. The highest BCUT2D eigenvalue weighted by Gasteiger charge is 2.30. The first kappa shape index (κ1) is 18.2. The number of morpholine rings is 1.